The second-order valence-electron chi connectivity index (χ2n) is 4.52. The fraction of sp³-hybridized carbons (Fsp3) is 1.00. The predicted octanol–water partition coefficient (Wildman–Crippen LogP) is 1.56. The van der Waals surface area contributed by atoms with Crippen molar-refractivity contribution < 1.29 is 4.74 Å². The zero-order chi connectivity index (χ0) is 8.44. The zero-order valence-electron chi connectivity index (χ0n) is 7.94. The molecule has 0 bridgehead atoms. The first-order valence-corrected chi connectivity index (χ1v) is 5.11. The van der Waals surface area contributed by atoms with E-state index in [1.165, 1.54) is 25.7 Å². The molecule has 1 unspecified atom stereocenters. The third-order valence-electron chi connectivity index (χ3n) is 3.07. The van der Waals surface area contributed by atoms with Crippen LogP contribution in [0.1, 0.15) is 32.6 Å². The summed E-state index contributed by atoms with van der Waals surface area (Å²) in [5.74, 6) is 0.774. The minimum atomic E-state index is 0.497. The van der Waals surface area contributed by atoms with Gasteiger partial charge in [-0.2, -0.15) is 0 Å². The average Bonchev–Trinajstić information content (AvgIpc) is 2.84. The molecule has 0 aromatic carbocycles. The molecule has 0 aromatic rings. The van der Waals surface area contributed by atoms with Gasteiger partial charge in [0.25, 0.3) is 0 Å². The maximum absolute atomic E-state index is 5.43. The quantitative estimate of drug-likeness (QED) is 0.692. The van der Waals surface area contributed by atoms with Crippen molar-refractivity contribution in [1.29, 1.82) is 0 Å². The Morgan fingerprint density at radius 3 is 2.92 bits per heavy atom. The molecule has 0 aromatic heterocycles. The summed E-state index contributed by atoms with van der Waals surface area (Å²) in [4.78, 5) is 0. The van der Waals surface area contributed by atoms with Gasteiger partial charge in [0.05, 0.1) is 6.61 Å². The second-order valence-corrected chi connectivity index (χ2v) is 4.52. The number of hydrogen-bond donors (Lipinski definition) is 1. The van der Waals surface area contributed by atoms with Crippen molar-refractivity contribution in [2.75, 3.05) is 19.8 Å². The van der Waals surface area contributed by atoms with E-state index in [-0.39, 0.29) is 0 Å². The molecule has 1 heterocycles. The molecule has 2 nitrogen and oxygen atoms in total. The molecule has 2 fully saturated rings. The van der Waals surface area contributed by atoms with E-state index in [0.29, 0.717) is 5.54 Å². The van der Waals surface area contributed by atoms with Crippen LogP contribution in [-0.2, 0) is 4.74 Å². The highest BCUT2D eigenvalue weighted by molar-refractivity contribution is 4.97. The van der Waals surface area contributed by atoms with Crippen molar-refractivity contribution >= 4 is 0 Å². The fourth-order valence-corrected chi connectivity index (χ4v) is 1.72. The van der Waals surface area contributed by atoms with Gasteiger partial charge >= 0.3 is 0 Å². The topological polar surface area (TPSA) is 21.3 Å². The Balaban J connectivity index is 1.65. The minimum absolute atomic E-state index is 0.497. The number of rotatable bonds is 3. The summed E-state index contributed by atoms with van der Waals surface area (Å²) in [5.41, 5.74) is 0.497. The molecular weight excluding hydrogens is 150 g/mol. The van der Waals surface area contributed by atoms with Crippen molar-refractivity contribution in [1.82, 2.24) is 5.32 Å². The van der Waals surface area contributed by atoms with E-state index in [9.17, 15) is 0 Å². The number of nitrogens with one attached hydrogen (secondary N) is 1. The lowest BCUT2D eigenvalue weighted by Crippen LogP contribution is -2.35. The smallest absolute Gasteiger partial charge is 0.0506 e. The Kier molecular flexibility index (Phi) is 2.37. The maximum Gasteiger partial charge on any atom is 0.0506 e. The largest absolute Gasteiger partial charge is 0.381 e. The molecule has 0 spiro atoms. The van der Waals surface area contributed by atoms with Gasteiger partial charge in [0.15, 0.2) is 0 Å². The van der Waals surface area contributed by atoms with E-state index in [1.807, 2.05) is 0 Å². The summed E-state index contributed by atoms with van der Waals surface area (Å²) < 4.78 is 5.43. The fourth-order valence-electron chi connectivity index (χ4n) is 1.72. The molecule has 12 heavy (non-hydrogen) atoms. The molecule has 1 saturated heterocycles. The Hall–Kier alpha value is -0.0800. The summed E-state index contributed by atoms with van der Waals surface area (Å²) in [6, 6.07) is 0. The first-order chi connectivity index (χ1) is 5.79. The van der Waals surface area contributed by atoms with Crippen LogP contribution in [0.5, 0.6) is 0 Å². The third kappa shape index (κ3) is 2.20. The van der Waals surface area contributed by atoms with Gasteiger partial charge in [0, 0.05) is 18.7 Å². The van der Waals surface area contributed by atoms with Crippen LogP contribution in [0.4, 0.5) is 0 Å². The predicted molar refractivity (Wildman–Crippen MR) is 49.2 cm³/mol. The van der Waals surface area contributed by atoms with Gasteiger partial charge in [-0.3, -0.25) is 0 Å². The van der Waals surface area contributed by atoms with Crippen molar-refractivity contribution in [3.05, 3.63) is 0 Å². The SMILES string of the molecule is CC1(NCC2CCCOC2)CC1. The van der Waals surface area contributed by atoms with E-state index in [0.717, 1.165) is 25.7 Å². The third-order valence-corrected chi connectivity index (χ3v) is 3.07. The highest BCUT2D eigenvalue weighted by Crippen LogP contribution is 2.34. The minimum Gasteiger partial charge on any atom is -0.381 e. The lowest BCUT2D eigenvalue weighted by atomic mass is 10.0. The van der Waals surface area contributed by atoms with Crippen LogP contribution in [0.2, 0.25) is 0 Å². The van der Waals surface area contributed by atoms with Crippen LogP contribution < -0.4 is 5.32 Å². The Bertz CT molecular complexity index is 148. The van der Waals surface area contributed by atoms with Gasteiger partial charge in [-0.05, 0) is 38.5 Å². The summed E-state index contributed by atoms with van der Waals surface area (Å²) in [6.45, 7) is 5.43. The highest BCUT2D eigenvalue weighted by atomic mass is 16.5. The summed E-state index contributed by atoms with van der Waals surface area (Å²) >= 11 is 0. The molecule has 2 heteroatoms. The lowest BCUT2D eigenvalue weighted by Gasteiger charge is -2.24. The van der Waals surface area contributed by atoms with Crippen LogP contribution in [-0.4, -0.2) is 25.3 Å². The van der Waals surface area contributed by atoms with Gasteiger partial charge in [-0.15, -0.1) is 0 Å². The van der Waals surface area contributed by atoms with Crippen LogP contribution in [0.25, 0.3) is 0 Å². The highest BCUT2D eigenvalue weighted by Gasteiger charge is 2.36. The van der Waals surface area contributed by atoms with Crippen molar-refractivity contribution in [3.63, 3.8) is 0 Å². The average molecular weight is 169 g/mol. The van der Waals surface area contributed by atoms with E-state index in [4.69, 9.17) is 4.74 Å². The molecule has 2 aliphatic rings. The summed E-state index contributed by atoms with van der Waals surface area (Å²) in [6.07, 6.45) is 5.33. The molecule has 1 N–H and O–H groups in total. The van der Waals surface area contributed by atoms with Crippen LogP contribution in [0, 0.1) is 5.92 Å². The van der Waals surface area contributed by atoms with Gasteiger partial charge in [0.1, 0.15) is 0 Å². The molecule has 2 rings (SSSR count). The second kappa shape index (κ2) is 3.35. The first kappa shape index (κ1) is 8.52. The van der Waals surface area contributed by atoms with Gasteiger partial charge < -0.3 is 10.1 Å². The van der Waals surface area contributed by atoms with Crippen molar-refractivity contribution in [2.45, 2.75) is 38.1 Å². The van der Waals surface area contributed by atoms with Gasteiger partial charge in [0.2, 0.25) is 0 Å². The normalized spacial score (nSPS) is 33.2. The van der Waals surface area contributed by atoms with E-state index < -0.39 is 0 Å². The van der Waals surface area contributed by atoms with Crippen LogP contribution in [0.15, 0.2) is 0 Å². The Morgan fingerprint density at radius 1 is 1.50 bits per heavy atom. The number of ether oxygens (including phenoxy) is 1. The molecule has 1 aliphatic carbocycles. The molecule has 70 valence electrons. The zero-order valence-corrected chi connectivity index (χ0v) is 7.94. The first-order valence-electron chi connectivity index (χ1n) is 5.11. The monoisotopic (exact) mass is 169 g/mol. The van der Waals surface area contributed by atoms with Gasteiger partial charge in [-0.25, -0.2) is 0 Å². The van der Waals surface area contributed by atoms with Crippen LogP contribution >= 0.6 is 0 Å². The molecule has 1 atom stereocenters. The Morgan fingerprint density at radius 2 is 2.33 bits per heavy atom. The van der Waals surface area contributed by atoms with E-state index >= 15 is 0 Å². The molecule has 0 amide bonds. The molecule has 1 aliphatic heterocycles. The van der Waals surface area contributed by atoms with E-state index in [1.54, 1.807) is 0 Å². The molecule has 1 saturated carbocycles. The lowest BCUT2D eigenvalue weighted by molar-refractivity contribution is 0.0537. The van der Waals surface area contributed by atoms with Crippen LogP contribution in [0.3, 0.4) is 0 Å². The summed E-state index contributed by atoms with van der Waals surface area (Å²) in [7, 11) is 0. The maximum atomic E-state index is 5.43. The van der Waals surface area contributed by atoms with E-state index in [2.05, 4.69) is 12.2 Å². The molecular formula is C10H19NO. The number of hydrogen-bond acceptors (Lipinski definition) is 2. The van der Waals surface area contributed by atoms with Crippen molar-refractivity contribution in [2.24, 2.45) is 5.92 Å². The van der Waals surface area contributed by atoms with Crippen molar-refractivity contribution in [3.8, 4) is 0 Å². The standard InChI is InChI=1S/C10H19NO/c1-10(4-5-10)11-7-9-3-2-6-12-8-9/h9,11H,2-8H2,1H3. The molecule has 0 radical (unpaired) electrons. The Labute approximate surface area is 74.7 Å². The summed E-state index contributed by atoms with van der Waals surface area (Å²) in [5, 5.41) is 3.62. The van der Waals surface area contributed by atoms with Gasteiger partial charge in [-0.1, -0.05) is 0 Å².